The number of para-hydroxylation sites is 1. The van der Waals surface area contributed by atoms with E-state index in [0.717, 1.165) is 18.4 Å². The number of sulfonamides is 1. The number of hydrogen-bond acceptors (Lipinski definition) is 5. The van der Waals surface area contributed by atoms with Gasteiger partial charge in [-0.3, -0.25) is 9.10 Å². The number of rotatable bonds is 6. The molecule has 0 fully saturated rings. The summed E-state index contributed by atoms with van der Waals surface area (Å²) in [6, 6.07) is 17.3. The Morgan fingerprint density at radius 3 is 2.81 bits per heavy atom. The van der Waals surface area contributed by atoms with E-state index in [9.17, 15) is 13.2 Å². The number of hydrogen-bond donors (Lipinski definition) is 1. The third-order valence-corrected chi connectivity index (χ3v) is 7.14. The fourth-order valence-electron chi connectivity index (χ4n) is 3.83. The minimum atomic E-state index is -3.82. The van der Waals surface area contributed by atoms with Gasteiger partial charge in [0.15, 0.2) is 0 Å². The van der Waals surface area contributed by atoms with Gasteiger partial charge in [0.1, 0.15) is 5.82 Å². The summed E-state index contributed by atoms with van der Waals surface area (Å²) in [5.41, 5.74) is 2.61. The number of benzene rings is 2. The number of aryl methyl sites for hydroxylation is 3. The van der Waals surface area contributed by atoms with Gasteiger partial charge in [-0.05, 0) is 49.6 Å². The molecular formula is C23H23N5O3S. The standard InChI is InChI=1S/C23H23N5O3S/c1-17-15-22(27(26-17)13-6-12-24)25-23(29)19-8-4-10-20(16-19)32(30,31)28-14-5-9-18-7-2-3-11-21(18)28/h2-4,7-8,10-11,15-16H,5-6,9,13-14H2,1H3,(H,25,29). The van der Waals surface area contributed by atoms with Crippen molar-refractivity contribution in [3.8, 4) is 6.07 Å². The van der Waals surface area contributed by atoms with Crippen LogP contribution >= 0.6 is 0 Å². The number of nitriles is 1. The lowest BCUT2D eigenvalue weighted by Gasteiger charge is -2.30. The summed E-state index contributed by atoms with van der Waals surface area (Å²) < 4.78 is 29.8. The van der Waals surface area contributed by atoms with Gasteiger partial charge in [0.2, 0.25) is 0 Å². The number of anilines is 2. The highest BCUT2D eigenvalue weighted by Gasteiger charge is 2.29. The second-order valence-corrected chi connectivity index (χ2v) is 9.46. The SMILES string of the molecule is Cc1cc(NC(=O)c2cccc(S(=O)(=O)N3CCCc4ccccc43)c2)n(CCC#N)n1. The van der Waals surface area contributed by atoms with E-state index in [0.29, 0.717) is 30.3 Å². The summed E-state index contributed by atoms with van der Waals surface area (Å²) in [6.07, 6.45) is 1.83. The molecule has 1 amide bonds. The summed E-state index contributed by atoms with van der Waals surface area (Å²) in [7, 11) is -3.82. The summed E-state index contributed by atoms with van der Waals surface area (Å²) in [4.78, 5) is 12.9. The first-order valence-corrected chi connectivity index (χ1v) is 11.8. The van der Waals surface area contributed by atoms with Gasteiger partial charge < -0.3 is 5.32 Å². The van der Waals surface area contributed by atoms with Crippen LogP contribution in [0.2, 0.25) is 0 Å². The molecule has 0 radical (unpaired) electrons. The summed E-state index contributed by atoms with van der Waals surface area (Å²) >= 11 is 0. The van der Waals surface area contributed by atoms with Crippen LogP contribution in [0.1, 0.15) is 34.5 Å². The van der Waals surface area contributed by atoms with E-state index >= 15 is 0 Å². The van der Waals surface area contributed by atoms with Crippen LogP contribution in [-0.2, 0) is 23.0 Å². The molecule has 0 bridgehead atoms. The molecule has 8 nitrogen and oxygen atoms in total. The molecule has 0 aliphatic carbocycles. The molecular weight excluding hydrogens is 426 g/mol. The number of fused-ring (bicyclic) bond motifs is 1. The van der Waals surface area contributed by atoms with Gasteiger partial charge in [-0.25, -0.2) is 13.1 Å². The Balaban J connectivity index is 1.61. The molecule has 4 rings (SSSR count). The number of amides is 1. The minimum Gasteiger partial charge on any atom is -0.307 e. The van der Waals surface area contributed by atoms with E-state index in [4.69, 9.17) is 5.26 Å². The lowest BCUT2D eigenvalue weighted by Crippen LogP contribution is -2.35. The maximum atomic E-state index is 13.4. The van der Waals surface area contributed by atoms with Gasteiger partial charge >= 0.3 is 0 Å². The molecule has 0 spiro atoms. The van der Waals surface area contributed by atoms with E-state index in [1.807, 2.05) is 24.3 Å². The van der Waals surface area contributed by atoms with Crippen molar-refractivity contribution in [2.45, 2.75) is 37.6 Å². The molecule has 0 saturated carbocycles. The second kappa shape index (κ2) is 8.85. The van der Waals surface area contributed by atoms with Crippen LogP contribution in [0.15, 0.2) is 59.5 Å². The van der Waals surface area contributed by atoms with Crippen molar-refractivity contribution < 1.29 is 13.2 Å². The predicted molar refractivity (Wildman–Crippen MR) is 121 cm³/mol. The smallest absolute Gasteiger partial charge is 0.264 e. The highest BCUT2D eigenvalue weighted by molar-refractivity contribution is 7.92. The maximum absolute atomic E-state index is 13.4. The molecule has 0 unspecified atom stereocenters. The van der Waals surface area contributed by atoms with Crippen molar-refractivity contribution in [2.75, 3.05) is 16.2 Å². The Bertz CT molecular complexity index is 1310. The Labute approximate surface area is 187 Å². The molecule has 1 aromatic heterocycles. The fraction of sp³-hybridized carbons (Fsp3) is 0.261. The average molecular weight is 450 g/mol. The Morgan fingerprint density at radius 2 is 2.00 bits per heavy atom. The highest BCUT2D eigenvalue weighted by atomic mass is 32.2. The maximum Gasteiger partial charge on any atom is 0.264 e. The van der Waals surface area contributed by atoms with E-state index in [-0.39, 0.29) is 16.9 Å². The highest BCUT2D eigenvalue weighted by Crippen LogP contribution is 2.32. The molecule has 164 valence electrons. The minimum absolute atomic E-state index is 0.0658. The first kappa shape index (κ1) is 21.6. The molecule has 1 aliphatic heterocycles. The molecule has 1 aliphatic rings. The van der Waals surface area contributed by atoms with Crippen LogP contribution in [0.25, 0.3) is 0 Å². The topological polar surface area (TPSA) is 108 Å². The number of nitrogens with one attached hydrogen (secondary N) is 1. The van der Waals surface area contributed by atoms with Gasteiger partial charge in [-0.15, -0.1) is 0 Å². The Hall–Kier alpha value is -3.64. The summed E-state index contributed by atoms with van der Waals surface area (Å²) in [6.45, 7) is 2.54. The fourth-order valence-corrected chi connectivity index (χ4v) is 5.42. The van der Waals surface area contributed by atoms with Crippen molar-refractivity contribution in [1.82, 2.24) is 9.78 Å². The average Bonchev–Trinajstić information content (AvgIpc) is 3.15. The van der Waals surface area contributed by atoms with E-state index in [1.165, 1.54) is 16.4 Å². The normalized spacial score (nSPS) is 13.3. The van der Waals surface area contributed by atoms with Gasteiger partial charge in [0, 0.05) is 18.2 Å². The molecule has 0 atom stereocenters. The molecule has 2 heterocycles. The van der Waals surface area contributed by atoms with Crippen molar-refractivity contribution in [2.24, 2.45) is 0 Å². The molecule has 32 heavy (non-hydrogen) atoms. The molecule has 3 aromatic rings. The van der Waals surface area contributed by atoms with Gasteiger partial charge in [0.25, 0.3) is 15.9 Å². The zero-order valence-electron chi connectivity index (χ0n) is 17.7. The quantitative estimate of drug-likeness (QED) is 0.620. The number of carbonyl (C=O) groups excluding carboxylic acids is 1. The van der Waals surface area contributed by atoms with Crippen molar-refractivity contribution in [3.63, 3.8) is 0 Å². The van der Waals surface area contributed by atoms with Crippen molar-refractivity contribution >= 4 is 27.4 Å². The van der Waals surface area contributed by atoms with Crippen LogP contribution in [0, 0.1) is 18.3 Å². The third-order valence-electron chi connectivity index (χ3n) is 5.33. The first-order valence-electron chi connectivity index (χ1n) is 10.3. The van der Waals surface area contributed by atoms with Gasteiger partial charge in [-0.1, -0.05) is 24.3 Å². The van der Waals surface area contributed by atoms with Crippen molar-refractivity contribution in [3.05, 3.63) is 71.4 Å². The van der Waals surface area contributed by atoms with Crippen LogP contribution < -0.4 is 9.62 Å². The lowest BCUT2D eigenvalue weighted by atomic mass is 10.0. The van der Waals surface area contributed by atoms with Crippen LogP contribution in [0.3, 0.4) is 0 Å². The van der Waals surface area contributed by atoms with Crippen LogP contribution in [0.4, 0.5) is 11.5 Å². The third kappa shape index (κ3) is 4.22. The zero-order chi connectivity index (χ0) is 22.7. The Kier molecular flexibility index (Phi) is 5.97. The van der Waals surface area contributed by atoms with Gasteiger partial charge in [-0.2, -0.15) is 10.4 Å². The molecule has 1 N–H and O–H groups in total. The first-order chi connectivity index (χ1) is 15.4. The number of aromatic nitrogens is 2. The largest absolute Gasteiger partial charge is 0.307 e. The van der Waals surface area contributed by atoms with Crippen LogP contribution in [0.5, 0.6) is 0 Å². The number of nitrogens with zero attached hydrogens (tertiary/aromatic N) is 4. The van der Waals surface area contributed by atoms with E-state index in [1.54, 1.807) is 29.8 Å². The van der Waals surface area contributed by atoms with Crippen LogP contribution in [-0.4, -0.2) is 30.7 Å². The monoisotopic (exact) mass is 449 g/mol. The second-order valence-electron chi connectivity index (χ2n) is 7.59. The summed E-state index contributed by atoms with van der Waals surface area (Å²) in [5, 5.41) is 15.9. The summed E-state index contributed by atoms with van der Waals surface area (Å²) in [5.74, 6) is 0.0140. The molecule has 9 heteroatoms. The predicted octanol–water partition coefficient (Wildman–Crippen LogP) is 3.50. The van der Waals surface area contributed by atoms with Crippen molar-refractivity contribution in [1.29, 1.82) is 5.26 Å². The zero-order valence-corrected chi connectivity index (χ0v) is 18.5. The van der Waals surface area contributed by atoms with Gasteiger partial charge in [0.05, 0.1) is 35.3 Å². The Morgan fingerprint density at radius 1 is 1.19 bits per heavy atom. The molecule has 0 saturated heterocycles. The lowest BCUT2D eigenvalue weighted by molar-refractivity contribution is 0.102. The van der Waals surface area contributed by atoms with E-state index < -0.39 is 15.9 Å². The number of carbonyl (C=O) groups is 1. The van der Waals surface area contributed by atoms with E-state index in [2.05, 4.69) is 16.5 Å². The molecule has 2 aromatic carbocycles.